The Kier molecular flexibility index (Phi) is 5.32. The van der Waals surface area contributed by atoms with Gasteiger partial charge in [0.05, 0.1) is 6.54 Å². The van der Waals surface area contributed by atoms with E-state index in [9.17, 15) is 0 Å². The fourth-order valence-electron chi connectivity index (χ4n) is 1.54. The summed E-state index contributed by atoms with van der Waals surface area (Å²) in [4.78, 5) is 7.89. The van der Waals surface area contributed by atoms with Gasteiger partial charge in [0.25, 0.3) is 0 Å². The van der Waals surface area contributed by atoms with Crippen molar-refractivity contribution in [3.63, 3.8) is 0 Å². The third-order valence-electron chi connectivity index (χ3n) is 2.64. The van der Waals surface area contributed by atoms with Gasteiger partial charge in [0.2, 0.25) is 0 Å². The monoisotopic (exact) mass is 239 g/mol. The molecule has 2 N–H and O–H groups in total. The van der Waals surface area contributed by atoms with Crippen molar-refractivity contribution in [2.45, 2.75) is 26.7 Å². The van der Waals surface area contributed by atoms with E-state index in [4.69, 9.17) is 5.73 Å². The van der Waals surface area contributed by atoms with E-state index in [1.165, 1.54) is 4.88 Å². The van der Waals surface area contributed by atoms with Crippen molar-refractivity contribution >= 4 is 17.3 Å². The van der Waals surface area contributed by atoms with Gasteiger partial charge in [0.1, 0.15) is 0 Å². The summed E-state index contributed by atoms with van der Waals surface area (Å²) in [5.74, 6) is 1.11. The Morgan fingerprint density at radius 3 is 2.69 bits per heavy atom. The lowest BCUT2D eigenvalue weighted by Gasteiger charge is -2.19. The molecule has 1 rings (SSSR count). The molecule has 0 aliphatic carbocycles. The van der Waals surface area contributed by atoms with E-state index < -0.39 is 0 Å². The Hall–Kier alpha value is -1.03. The number of nitrogens with two attached hydrogens (primary N) is 1. The fourth-order valence-corrected chi connectivity index (χ4v) is 2.32. The molecular weight excluding hydrogens is 218 g/mol. The second-order valence-electron chi connectivity index (χ2n) is 3.79. The molecule has 1 heterocycles. The number of hydrogen-bond acceptors (Lipinski definition) is 2. The van der Waals surface area contributed by atoms with E-state index in [2.05, 4.69) is 48.2 Å². The van der Waals surface area contributed by atoms with E-state index in [0.717, 1.165) is 19.6 Å². The summed E-state index contributed by atoms with van der Waals surface area (Å²) in [6, 6.07) is 4.23. The first-order valence-electron chi connectivity index (χ1n) is 5.77. The third-order valence-corrected chi connectivity index (χ3v) is 3.75. The lowest BCUT2D eigenvalue weighted by Crippen LogP contribution is -2.37. The summed E-state index contributed by atoms with van der Waals surface area (Å²) < 4.78 is 0. The van der Waals surface area contributed by atoms with Crippen LogP contribution in [0.2, 0.25) is 0 Å². The molecule has 0 bridgehead atoms. The van der Waals surface area contributed by atoms with Crippen molar-refractivity contribution in [3.05, 3.63) is 22.4 Å². The molecule has 1 unspecified atom stereocenters. The number of hydrogen-bond donors (Lipinski definition) is 1. The molecule has 0 saturated carbocycles. The van der Waals surface area contributed by atoms with Crippen LogP contribution in [-0.4, -0.2) is 30.5 Å². The normalized spacial score (nSPS) is 13.8. The van der Waals surface area contributed by atoms with Gasteiger partial charge in [-0.25, -0.2) is 0 Å². The van der Waals surface area contributed by atoms with Crippen molar-refractivity contribution in [2.24, 2.45) is 10.7 Å². The molecule has 0 radical (unpaired) electrons. The summed E-state index contributed by atoms with van der Waals surface area (Å²) in [5.41, 5.74) is 5.92. The average molecular weight is 239 g/mol. The van der Waals surface area contributed by atoms with Crippen LogP contribution in [0.15, 0.2) is 22.5 Å². The van der Waals surface area contributed by atoms with Gasteiger partial charge in [-0.3, -0.25) is 4.99 Å². The molecule has 1 aromatic heterocycles. The first-order valence-corrected chi connectivity index (χ1v) is 6.65. The van der Waals surface area contributed by atoms with E-state index in [0.29, 0.717) is 11.9 Å². The highest BCUT2D eigenvalue weighted by atomic mass is 32.1. The quantitative estimate of drug-likeness (QED) is 0.633. The maximum Gasteiger partial charge on any atom is 0.191 e. The molecular formula is C12H21N3S. The van der Waals surface area contributed by atoms with E-state index in [1.807, 2.05) is 0 Å². The van der Waals surface area contributed by atoms with E-state index >= 15 is 0 Å². The van der Waals surface area contributed by atoms with Gasteiger partial charge in [0.15, 0.2) is 5.96 Å². The van der Waals surface area contributed by atoms with E-state index in [1.54, 1.807) is 11.3 Å². The maximum absolute atomic E-state index is 5.92. The predicted octanol–water partition coefficient (Wildman–Crippen LogP) is 2.51. The Balaban J connectivity index is 2.52. The van der Waals surface area contributed by atoms with Crippen LogP contribution >= 0.6 is 11.3 Å². The highest BCUT2D eigenvalue weighted by Crippen LogP contribution is 2.20. The smallest absolute Gasteiger partial charge is 0.191 e. The second kappa shape index (κ2) is 6.53. The molecule has 3 nitrogen and oxygen atoms in total. The summed E-state index contributed by atoms with van der Waals surface area (Å²) in [5, 5.41) is 2.10. The molecule has 0 amide bonds. The molecule has 0 aliphatic rings. The van der Waals surface area contributed by atoms with Crippen molar-refractivity contribution in [1.82, 2.24) is 4.90 Å². The van der Waals surface area contributed by atoms with Crippen LogP contribution < -0.4 is 5.73 Å². The van der Waals surface area contributed by atoms with E-state index in [-0.39, 0.29) is 0 Å². The molecule has 0 aliphatic heterocycles. The van der Waals surface area contributed by atoms with Gasteiger partial charge in [-0.2, -0.15) is 0 Å². The van der Waals surface area contributed by atoms with Gasteiger partial charge in [0, 0.05) is 23.9 Å². The Bertz CT molecular complexity index is 315. The summed E-state index contributed by atoms with van der Waals surface area (Å²) in [7, 11) is 0. The molecule has 1 atom stereocenters. The van der Waals surface area contributed by atoms with Crippen molar-refractivity contribution in [1.29, 1.82) is 0 Å². The number of thiophene rings is 1. The SMILES string of the molecule is CCN(CC)C(N)=NCC(C)c1cccs1. The minimum atomic E-state index is 0.453. The van der Waals surface area contributed by atoms with Crippen LogP contribution in [0.3, 0.4) is 0 Å². The van der Waals surface area contributed by atoms with Crippen LogP contribution in [0.1, 0.15) is 31.6 Å². The van der Waals surface area contributed by atoms with Gasteiger partial charge < -0.3 is 10.6 Å². The largest absolute Gasteiger partial charge is 0.370 e. The van der Waals surface area contributed by atoms with Gasteiger partial charge in [-0.15, -0.1) is 11.3 Å². The van der Waals surface area contributed by atoms with Crippen LogP contribution in [0.4, 0.5) is 0 Å². The minimum Gasteiger partial charge on any atom is -0.370 e. The molecule has 0 fully saturated rings. The third kappa shape index (κ3) is 3.52. The van der Waals surface area contributed by atoms with Gasteiger partial charge in [-0.1, -0.05) is 13.0 Å². The molecule has 1 aromatic rings. The Labute approximate surface area is 102 Å². The van der Waals surface area contributed by atoms with Gasteiger partial charge >= 0.3 is 0 Å². The Morgan fingerprint density at radius 1 is 1.50 bits per heavy atom. The predicted molar refractivity (Wildman–Crippen MR) is 72.1 cm³/mol. The first-order chi connectivity index (χ1) is 7.69. The summed E-state index contributed by atoms with van der Waals surface area (Å²) in [6.07, 6.45) is 0. The maximum atomic E-state index is 5.92. The highest BCUT2D eigenvalue weighted by Gasteiger charge is 2.07. The van der Waals surface area contributed by atoms with Crippen LogP contribution in [-0.2, 0) is 0 Å². The number of rotatable bonds is 5. The number of nitrogens with zero attached hydrogens (tertiary/aromatic N) is 2. The molecule has 0 spiro atoms. The zero-order valence-corrected chi connectivity index (χ0v) is 11.1. The standard InChI is InChI=1S/C12H21N3S/c1-4-15(5-2)12(13)14-9-10(3)11-7-6-8-16-11/h6-8,10H,4-5,9H2,1-3H3,(H2,13,14). The van der Waals surface area contributed by atoms with Crippen LogP contribution in [0.25, 0.3) is 0 Å². The highest BCUT2D eigenvalue weighted by molar-refractivity contribution is 7.10. The molecule has 0 aromatic carbocycles. The second-order valence-corrected chi connectivity index (χ2v) is 4.77. The summed E-state index contributed by atoms with van der Waals surface area (Å²) in [6.45, 7) is 8.97. The van der Waals surface area contributed by atoms with Gasteiger partial charge in [-0.05, 0) is 25.3 Å². The zero-order valence-electron chi connectivity index (χ0n) is 10.3. The zero-order chi connectivity index (χ0) is 12.0. The van der Waals surface area contributed by atoms with Crippen molar-refractivity contribution in [2.75, 3.05) is 19.6 Å². The average Bonchev–Trinajstić information content (AvgIpc) is 2.81. The lowest BCUT2D eigenvalue weighted by molar-refractivity contribution is 0.457. The first kappa shape index (κ1) is 13.0. The fraction of sp³-hybridized carbons (Fsp3) is 0.583. The van der Waals surface area contributed by atoms with Crippen molar-refractivity contribution < 1.29 is 0 Å². The van der Waals surface area contributed by atoms with Crippen LogP contribution in [0.5, 0.6) is 0 Å². The molecule has 90 valence electrons. The Morgan fingerprint density at radius 2 is 2.19 bits per heavy atom. The number of aliphatic imine (C=N–C) groups is 1. The summed E-state index contributed by atoms with van der Waals surface area (Å²) >= 11 is 1.78. The topological polar surface area (TPSA) is 41.6 Å². The van der Waals surface area contributed by atoms with Crippen molar-refractivity contribution in [3.8, 4) is 0 Å². The lowest BCUT2D eigenvalue weighted by atomic mass is 10.1. The van der Waals surface area contributed by atoms with Crippen LogP contribution in [0, 0.1) is 0 Å². The molecule has 16 heavy (non-hydrogen) atoms. The minimum absolute atomic E-state index is 0.453. The molecule has 4 heteroatoms. The number of guanidine groups is 1. The molecule has 0 saturated heterocycles.